The summed E-state index contributed by atoms with van der Waals surface area (Å²) >= 11 is 6.07. The van der Waals surface area contributed by atoms with Crippen LogP contribution in [-0.4, -0.2) is 23.3 Å². The van der Waals surface area contributed by atoms with Crippen LogP contribution in [0.5, 0.6) is 0 Å². The van der Waals surface area contributed by atoms with Gasteiger partial charge in [-0.3, -0.25) is 14.4 Å². The van der Waals surface area contributed by atoms with E-state index in [9.17, 15) is 14.4 Å². The van der Waals surface area contributed by atoms with E-state index in [1.165, 1.54) is 6.07 Å². The fourth-order valence-corrected chi connectivity index (χ4v) is 3.46. The number of carbonyl (C=O) groups excluding carboxylic acids is 2. The van der Waals surface area contributed by atoms with Gasteiger partial charge < -0.3 is 21.4 Å². The van der Waals surface area contributed by atoms with Gasteiger partial charge in [0.2, 0.25) is 5.91 Å². The maximum atomic E-state index is 12.3. The quantitative estimate of drug-likeness (QED) is 0.627. The second kappa shape index (κ2) is 7.94. The lowest BCUT2D eigenvalue weighted by Crippen LogP contribution is -2.35. The Kier molecular flexibility index (Phi) is 5.62. The van der Waals surface area contributed by atoms with Gasteiger partial charge in [0.25, 0.3) is 11.5 Å². The Bertz CT molecular complexity index is 954. The summed E-state index contributed by atoms with van der Waals surface area (Å²) in [5, 5.41) is 6.62. The largest absolute Gasteiger partial charge is 0.365 e. The van der Waals surface area contributed by atoms with E-state index in [4.69, 9.17) is 17.3 Å². The zero-order valence-electron chi connectivity index (χ0n) is 14.9. The number of halogens is 1. The highest BCUT2D eigenvalue weighted by Gasteiger charge is 2.23. The van der Waals surface area contributed by atoms with Crippen molar-refractivity contribution in [1.82, 2.24) is 10.3 Å². The summed E-state index contributed by atoms with van der Waals surface area (Å²) in [5.74, 6) is -0.968. The van der Waals surface area contributed by atoms with Gasteiger partial charge in [-0.2, -0.15) is 0 Å². The standard InChI is InChI=1S/C19H21ClN4O3/c1-10-13(20)4-2-5-14(10)23-17(25)9-22-15-6-3-7-16-11(15)8-12(18(21)26)19(27)24-16/h2,4-5,8,15,22H,3,6-7,9H2,1H3,(H2,21,26)(H,23,25)(H,24,27). The van der Waals surface area contributed by atoms with Gasteiger partial charge in [0.05, 0.1) is 6.54 Å². The number of aromatic amines is 1. The Balaban J connectivity index is 1.71. The Labute approximate surface area is 161 Å². The zero-order chi connectivity index (χ0) is 19.6. The van der Waals surface area contributed by atoms with Gasteiger partial charge in [-0.15, -0.1) is 0 Å². The van der Waals surface area contributed by atoms with E-state index in [2.05, 4.69) is 15.6 Å². The van der Waals surface area contributed by atoms with E-state index < -0.39 is 11.5 Å². The number of aryl methyl sites for hydroxylation is 1. The van der Waals surface area contributed by atoms with Crippen LogP contribution >= 0.6 is 11.6 Å². The first-order chi connectivity index (χ1) is 12.9. The van der Waals surface area contributed by atoms with Crippen LogP contribution in [0.1, 0.15) is 46.1 Å². The van der Waals surface area contributed by atoms with Gasteiger partial charge in [0.15, 0.2) is 0 Å². The van der Waals surface area contributed by atoms with Crippen LogP contribution in [0.2, 0.25) is 5.02 Å². The predicted molar refractivity (Wildman–Crippen MR) is 104 cm³/mol. The van der Waals surface area contributed by atoms with Gasteiger partial charge in [0, 0.05) is 22.4 Å². The van der Waals surface area contributed by atoms with Crippen molar-refractivity contribution in [3.05, 3.63) is 62.0 Å². The van der Waals surface area contributed by atoms with Crippen LogP contribution in [0.15, 0.2) is 29.1 Å². The van der Waals surface area contributed by atoms with Crippen LogP contribution in [0.25, 0.3) is 0 Å². The van der Waals surface area contributed by atoms with Gasteiger partial charge in [-0.25, -0.2) is 0 Å². The number of rotatable bonds is 5. The molecule has 5 N–H and O–H groups in total. The number of anilines is 1. The van der Waals surface area contributed by atoms with Crippen molar-refractivity contribution in [3.63, 3.8) is 0 Å². The van der Waals surface area contributed by atoms with Crippen molar-refractivity contribution >= 4 is 29.1 Å². The summed E-state index contributed by atoms with van der Waals surface area (Å²) in [4.78, 5) is 38.4. The monoisotopic (exact) mass is 388 g/mol. The van der Waals surface area contributed by atoms with E-state index in [-0.39, 0.29) is 24.1 Å². The lowest BCUT2D eigenvalue weighted by atomic mass is 9.90. The summed E-state index contributed by atoms with van der Waals surface area (Å²) in [6, 6.07) is 6.72. The molecule has 1 aliphatic carbocycles. The molecule has 0 spiro atoms. The van der Waals surface area contributed by atoms with Crippen molar-refractivity contribution in [3.8, 4) is 0 Å². The molecule has 0 fully saturated rings. The fourth-order valence-electron chi connectivity index (χ4n) is 3.29. The molecule has 0 radical (unpaired) electrons. The molecular formula is C19H21ClN4O3. The highest BCUT2D eigenvalue weighted by atomic mass is 35.5. The van der Waals surface area contributed by atoms with Crippen LogP contribution in [0, 0.1) is 6.92 Å². The first kappa shape index (κ1) is 19.1. The number of fused-ring (bicyclic) bond motifs is 1. The average Bonchev–Trinajstić information content (AvgIpc) is 2.62. The molecule has 1 unspecified atom stereocenters. The highest BCUT2D eigenvalue weighted by Crippen LogP contribution is 2.28. The lowest BCUT2D eigenvalue weighted by Gasteiger charge is -2.26. The number of carbonyl (C=O) groups is 2. The Morgan fingerprint density at radius 1 is 1.37 bits per heavy atom. The Morgan fingerprint density at radius 3 is 2.89 bits per heavy atom. The van der Waals surface area contributed by atoms with E-state index in [1.807, 2.05) is 6.92 Å². The molecule has 0 saturated carbocycles. The number of pyridine rings is 1. The van der Waals surface area contributed by atoms with Crippen molar-refractivity contribution in [2.45, 2.75) is 32.2 Å². The molecule has 0 aliphatic heterocycles. The van der Waals surface area contributed by atoms with Crippen molar-refractivity contribution in [2.75, 3.05) is 11.9 Å². The maximum Gasteiger partial charge on any atom is 0.261 e. The molecule has 2 aromatic rings. The van der Waals surface area contributed by atoms with E-state index in [0.717, 1.165) is 36.1 Å². The molecule has 1 aliphatic rings. The third-order valence-corrected chi connectivity index (χ3v) is 5.18. The predicted octanol–water partition coefficient (Wildman–Crippen LogP) is 2.04. The van der Waals surface area contributed by atoms with Gasteiger partial charge >= 0.3 is 0 Å². The minimum absolute atomic E-state index is 0.0681. The molecule has 7 nitrogen and oxygen atoms in total. The molecule has 27 heavy (non-hydrogen) atoms. The molecule has 0 bridgehead atoms. The van der Waals surface area contributed by atoms with Crippen molar-refractivity contribution < 1.29 is 9.59 Å². The molecule has 3 rings (SSSR count). The zero-order valence-corrected chi connectivity index (χ0v) is 15.7. The van der Waals surface area contributed by atoms with Crippen LogP contribution < -0.4 is 21.9 Å². The van der Waals surface area contributed by atoms with E-state index in [1.54, 1.807) is 18.2 Å². The lowest BCUT2D eigenvalue weighted by molar-refractivity contribution is -0.115. The average molecular weight is 389 g/mol. The van der Waals surface area contributed by atoms with Crippen LogP contribution in [0.4, 0.5) is 5.69 Å². The summed E-state index contributed by atoms with van der Waals surface area (Å²) in [5.41, 5.74) is 7.78. The number of nitrogens with one attached hydrogen (secondary N) is 3. The second-order valence-electron chi connectivity index (χ2n) is 6.60. The number of benzene rings is 1. The first-order valence-electron chi connectivity index (χ1n) is 8.71. The number of H-pyrrole nitrogens is 1. The molecule has 1 heterocycles. The topological polar surface area (TPSA) is 117 Å². The number of aromatic nitrogens is 1. The maximum absolute atomic E-state index is 12.3. The second-order valence-corrected chi connectivity index (χ2v) is 7.00. The van der Waals surface area contributed by atoms with Crippen LogP contribution in [-0.2, 0) is 11.2 Å². The third-order valence-electron chi connectivity index (χ3n) is 4.77. The number of nitrogens with two attached hydrogens (primary N) is 1. The smallest absolute Gasteiger partial charge is 0.261 e. The SMILES string of the molecule is Cc1c(Cl)cccc1NC(=O)CNC1CCCc2[nH]c(=O)c(C(N)=O)cc21. The summed E-state index contributed by atoms with van der Waals surface area (Å²) in [7, 11) is 0. The van der Waals surface area contributed by atoms with Crippen molar-refractivity contribution in [1.29, 1.82) is 0 Å². The summed E-state index contributed by atoms with van der Waals surface area (Å²) in [6.45, 7) is 1.92. The number of hydrogen-bond acceptors (Lipinski definition) is 4. The number of amides is 2. The number of hydrogen-bond donors (Lipinski definition) is 4. The highest BCUT2D eigenvalue weighted by molar-refractivity contribution is 6.31. The third kappa shape index (κ3) is 4.20. The van der Waals surface area contributed by atoms with Gasteiger partial charge in [0.1, 0.15) is 5.56 Å². The Hall–Kier alpha value is -2.64. The molecule has 0 saturated heterocycles. The Morgan fingerprint density at radius 2 is 2.15 bits per heavy atom. The van der Waals surface area contributed by atoms with E-state index in [0.29, 0.717) is 10.7 Å². The molecule has 142 valence electrons. The fraction of sp³-hybridized carbons (Fsp3) is 0.316. The minimum Gasteiger partial charge on any atom is -0.365 e. The molecular weight excluding hydrogens is 368 g/mol. The number of primary amides is 1. The molecule has 1 aromatic heterocycles. The normalized spacial score (nSPS) is 15.9. The molecule has 1 atom stereocenters. The molecule has 8 heteroatoms. The summed E-state index contributed by atoms with van der Waals surface area (Å²) in [6.07, 6.45) is 2.38. The van der Waals surface area contributed by atoms with Crippen molar-refractivity contribution in [2.24, 2.45) is 5.73 Å². The van der Waals surface area contributed by atoms with Gasteiger partial charge in [-0.05, 0) is 55.5 Å². The molecule has 2 amide bonds. The van der Waals surface area contributed by atoms with Gasteiger partial charge in [-0.1, -0.05) is 17.7 Å². The van der Waals surface area contributed by atoms with Crippen LogP contribution in [0.3, 0.4) is 0 Å². The minimum atomic E-state index is -0.766. The summed E-state index contributed by atoms with van der Waals surface area (Å²) < 4.78 is 0. The first-order valence-corrected chi connectivity index (χ1v) is 9.09. The van der Waals surface area contributed by atoms with E-state index >= 15 is 0 Å². The molecule has 1 aromatic carbocycles.